The van der Waals surface area contributed by atoms with Crippen molar-refractivity contribution in [3.8, 4) is 0 Å². The third-order valence-electron chi connectivity index (χ3n) is 3.54. The van der Waals surface area contributed by atoms with Crippen LogP contribution in [0.3, 0.4) is 0 Å². The topological polar surface area (TPSA) is 81.7 Å². The number of ether oxygens (including phenoxy) is 2. The van der Waals surface area contributed by atoms with Crippen LogP contribution < -0.4 is 4.72 Å². The monoisotopic (exact) mass is 419 g/mol. The molecule has 0 amide bonds. The van der Waals surface area contributed by atoms with Gasteiger partial charge in [0, 0.05) is 24.2 Å². The molecule has 0 aromatic heterocycles. The molecule has 0 radical (unpaired) electrons. The second-order valence-electron chi connectivity index (χ2n) is 5.64. The van der Waals surface area contributed by atoms with E-state index in [1.54, 1.807) is 6.92 Å². The Morgan fingerprint density at radius 2 is 2.12 bits per heavy atom. The summed E-state index contributed by atoms with van der Waals surface area (Å²) in [6, 6.07) is 4.28. The van der Waals surface area contributed by atoms with Gasteiger partial charge in [0.2, 0.25) is 10.0 Å². The molecule has 8 heteroatoms. The second kappa shape index (κ2) is 8.94. The molecule has 2 rings (SSSR count). The van der Waals surface area contributed by atoms with Crippen LogP contribution in [0.2, 0.25) is 0 Å². The first kappa shape index (κ1) is 19.4. The van der Waals surface area contributed by atoms with Gasteiger partial charge in [-0.15, -0.1) is 0 Å². The summed E-state index contributed by atoms with van der Waals surface area (Å²) in [7, 11) is -3.64. The number of rotatable bonds is 10. The Kier molecular flexibility index (Phi) is 7.21. The molecule has 0 bridgehead atoms. The fourth-order valence-electron chi connectivity index (χ4n) is 2.05. The van der Waals surface area contributed by atoms with Gasteiger partial charge in [-0.1, -0.05) is 0 Å². The van der Waals surface area contributed by atoms with Crippen LogP contribution in [0.4, 0.5) is 0 Å². The number of benzene rings is 1. The number of carbonyl (C=O) groups excluding carboxylic acids is 1. The summed E-state index contributed by atoms with van der Waals surface area (Å²) in [6.45, 7) is 3.60. The number of hydrogen-bond donors (Lipinski definition) is 1. The van der Waals surface area contributed by atoms with Crippen LogP contribution in [0.15, 0.2) is 27.6 Å². The predicted molar refractivity (Wildman–Crippen MR) is 93.4 cm³/mol. The van der Waals surface area contributed by atoms with Gasteiger partial charge in [0.1, 0.15) is 0 Å². The summed E-state index contributed by atoms with van der Waals surface area (Å²) in [5.74, 6) is 0.221. The maximum absolute atomic E-state index is 12.3. The highest BCUT2D eigenvalue weighted by molar-refractivity contribution is 9.10. The van der Waals surface area contributed by atoms with Gasteiger partial charge in [-0.3, -0.25) is 0 Å². The molecule has 1 aromatic rings. The summed E-state index contributed by atoms with van der Waals surface area (Å²) in [6.07, 6.45) is 3.09. The van der Waals surface area contributed by atoms with Crippen LogP contribution in [-0.2, 0) is 19.5 Å². The number of hydrogen-bond acceptors (Lipinski definition) is 5. The zero-order valence-corrected chi connectivity index (χ0v) is 16.0. The molecule has 24 heavy (non-hydrogen) atoms. The Hall–Kier alpha value is -0.960. The third-order valence-corrected chi connectivity index (χ3v) is 5.98. The smallest absolute Gasteiger partial charge is 0.338 e. The fraction of sp³-hybridized carbons (Fsp3) is 0.562. The van der Waals surface area contributed by atoms with Gasteiger partial charge in [-0.25, -0.2) is 17.9 Å². The second-order valence-corrected chi connectivity index (χ2v) is 8.23. The first-order valence-corrected chi connectivity index (χ1v) is 10.3. The van der Waals surface area contributed by atoms with Crippen molar-refractivity contribution in [1.82, 2.24) is 4.72 Å². The van der Waals surface area contributed by atoms with Crippen molar-refractivity contribution in [2.45, 2.75) is 31.1 Å². The molecule has 1 aliphatic carbocycles. The fourth-order valence-corrected chi connectivity index (χ4v) is 4.20. The van der Waals surface area contributed by atoms with Crippen molar-refractivity contribution < 1.29 is 22.7 Å². The largest absolute Gasteiger partial charge is 0.462 e. The Morgan fingerprint density at radius 1 is 1.38 bits per heavy atom. The molecule has 6 nitrogen and oxygen atoms in total. The first-order chi connectivity index (χ1) is 11.4. The van der Waals surface area contributed by atoms with Gasteiger partial charge in [0.05, 0.1) is 17.1 Å². The van der Waals surface area contributed by atoms with E-state index < -0.39 is 16.0 Å². The van der Waals surface area contributed by atoms with Gasteiger partial charge in [0.15, 0.2) is 0 Å². The minimum Gasteiger partial charge on any atom is -0.462 e. The van der Waals surface area contributed by atoms with E-state index in [1.807, 2.05) is 0 Å². The van der Waals surface area contributed by atoms with E-state index >= 15 is 0 Å². The lowest BCUT2D eigenvalue weighted by molar-refractivity contribution is 0.0526. The molecule has 1 saturated carbocycles. The number of carbonyl (C=O) groups is 1. The van der Waals surface area contributed by atoms with Crippen LogP contribution in [-0.4, -0.2) is 40.8 Å². The molecule has 0 heterocycles. The number of sulfonamides is 1. The molecule has 0 unspecified atom stereocenters. The molecular formula is C16H22BrNO5S. The van der Waals surface area contributed by atoms with E-state index in [0.29, 0.717) is 35.5 Å². The molecule has 0 atom stereocenters. The van der Waals surface area contributed by atoms with Crippen LogP contribution in [0.1, 0.15) is 36.5 Å². The van der Waals surface area contributed by atoms with Crippen molar-refractivity contribution in [2.75, 3.05) is 26.4 Å². The summed E-state index contributed by atoms with van der Waals surface area (Å²) < 4.78 is 37.9. The number of nitrogens with one attached hydrogen (secondary N) is 1. The number of halogens is 1. The summed E-state index contributed by atoms with van der Waals surface area (Å²) in [4.78, 5) is 11.8. The normalized spacial score (nSPS) is 14.6. The van der Waals surface area contributed by atoms with Crippen molar-refractivity contribution in [2.24, 2.45) is 5.92 Å². The lowest BCUT2D eigenvalue weighted by Crippen LogP contribution is -2.26. The van der Waals surface area contributed by atoms with Crippen LogP contribution in [0.5, 0.6) is 0 Å². The molecule has 1 aliphatic rings. The van der Waals surface area contributed by atoms with E-state index in [-0.39, 0.29) is 11.5 Å². The third kappa shape index (κ3) is 5.84. The van der Waals surface area contributed by atoms with Crippen molar-refractivity contribution in [1.29, 1.82) is 0 Å². The highest BCUT2D eigenvalue weighted by Crippen LogP contribution is 2.28. The summed E-state index contributed by atoms with van der Waals surface area (Å²) in [5.41, 5.74) is 0.302. The maximum Gasteiger partial charge on any atom is 0.338 e. The Labute approximate surface area is 151 Å². The highest BCUT2D eigenvalue weighted by Gasteiger charge is 2.21. The molecule has 0 aliphatic heterocycles. The molecule has 1 aromatic carbocycles. The van der Waals surface area contributed by atoms with Crippen molar-refractivity contribution in [3.05, 3.63) is 28.2 Å². The molecular weight excluding hydrogens is 398 g/mol. The van der Waals surface area contributed by atoms with E-state index in [9.17, 15) is 13.2 Å². The SMILES string of the molecule is CCOC(=O)c1ccc(S(=O)(=O)NCCCOCC2CC2)c(Br)c1. The number of esters is 1. The zero-order chi connectivity index (χ0) is 17.6. The van der Waals surface area contributed by atoms with Gasteiger partial charge >= 0.3 is 5.97 Å². The maximum atomic E-state index is 12.3. The minimum absolute atomic E-state index is 0.0921. The van der Waals surface area contributed by atoms with Gasteiger partial charge in [-0.2, -0.15) is 0 Å². The van der Waals surface area contributed by atoms with Gasteiger partial charge < -0.3 is 9.47 Å². The Balaban J connectivity index is 1.86. The Bertz CT molecular complexity index is 673. The summed E-state index contributed by atoms with van der Waals surface area (Å²) >= 11 is 3.21. The molecule has 1 N–H and O–H groups in total. The quantitative estimate of drug-likeness (QED) is 0.465. The van der Waals surface area contributed by atoms with E-state index in [1.165, 1.54) is 31.0 Å². The molecule has 0 spiro atoms. The lowest BCUT2D eigenvalue weighted by Gasteiger charge is -2.10. The van der Waals surface area contributed by atoms with Gasteiger partial charge in [-0.05, 0) is 66.2 Å². The molecule has 0 saturated heterocycles. The zero-order valence-electron chi connectivity index (χ0n) is 13.6. The van der Waals surface area contributed by atoms with E-state index in [0.717, 1.165) is 6.61 Å². The average molecular weight is 420 g/mol. The lowest BCUT2D eigenvalue weighted by atomic mass is 10.2. The van der Waals surface area contributed by atoms with Crippen molar-refractivity contribution in [3.63, 3.8) is 0 Å². The van der Waals surface area contributed by atoms with Crippen LogP contribution in [0, 0.1) is 5.92 Å². The predicted octanol–water partition coefficient (Wildman–Crippen LogP) is 2.72. The van der Waals surface area contributed by atoms with E-state index in [4.69, 9.17) is 9.47 Å². The highest BCUT2D eigenvalue weighted by atomic mass is 79.9. The van der Waals surface area contributed by atoms with Crippen LogP contribution in [0.25, 0.3) is 0 Å². The van der Waals surface area contributed by atoms with Gasteiger partial charge in [0.25, 0.3) is 0 Å². The van der Waals surface area contributed by atoms with Crippen molar-refractivity contribution >= 4 is 31.9 Å². The average Bonchev–Trinajstić information content (AvgIpc) is 3.34. The Morgan fingerprint density at radius 3 is 2.75 bits per heavy atom. The molecule has 134 valence electrons. The summed E-state index contributed by atoms with van der Waals surface area (Å²) in [5, 5.41) is 0. The minimum atomic E-state index is -3.64. The van der Waals surface area contributed by atoms with E-state index in [2.05, 4.69) is 20.7 Å². The van der Waals surface area contributed by atoms with Crippen LogP contribution >= 0.6 is 15.9 Å². The first-order valence-electron chi connectivity index (χ1n) is 7.98. The standard InChI is InChI=1S/C16H22BrNO5S/c1-2-23-16(19)13-6-7-15(14(17)10-13)24(20,21)18-8-3-9-22-11-12-4-5-12/h6-7,10,12,18H,2-5,8-9,11H2,1H3. The molecule has 1 fully saturated rings.